The molecule has 0 saturated heterocycles. The van der Waals surface area contributed by atoms with Gasteiger partial charge in [-0.05, 0) is 33.8 Å². The Morgan fingerprint density at radius 2 is 1.76 bits per heavy atom. The van der Waals surface area contributed by atoms with Crippen LogP contribution in [0.1, 0.15) is 56.5 Å². The number of hydrogen-bond acceptors (Lipinski definition) is 3. The summed E-state index contributed by atoms with van der Waals surface area (Å²) < 4.78 is 15.1. The second-order valence-electron chi connectivity index (χ2n) is 7.40. The van der Waals surface area contributed by atoms with Crippen molar-refractivity contribution in [1.82, 2.24) is 0 Å². The van der Waals surface area contributed by atoms with E-state index in [1.165, 1.54) is 0 Å². The van der Waals surface area contributed by atoms with E-state index >= 15 is 0 Å². The predicted molar refractivity (Wildman–Crippen MR) is 94.5 cm³/mol. The molecule has 1 N–H and O–H groups in total. The number of ether oxygens (including phenoxy) is 2. The lowest BCUT2D eigenvalue weighted by atomic mass is 9.57. The van der Waals surface area contributed by atoms with Gasteiger partial charge in [0.15, 0.2) is 23.7 Å². The molecule has 4 heteroatoms. The molecule has 0 spiro atoms. The lowest BCUT2D eigenvalue weighted by molar-refractivity contribution is -0.755. The number of phenols is 1. The number of nitrogens with zero attached hydrogens (tertiary/aromatic N) is 1. The zero-order chi connectivity index (χ0) is 17.8. The van der Waals surface area contributed by atoms with Crippen molar-refractivity contribution in [2.24, 2.45) is 5.41 Å². The maximum atomic E-state index is 10.7. The van der Waals surface area contributed by atoms with Crippen molar-refractivity contribution in [2.45, 2.75) is 45.4 Å². The number of fused-ring (bicyclic) bond motifs is 1. The molecule has 0 amide bonds. The number of aromatic hydroxyl groups is 1. The third-order valence-corrected chi connectivity index (χ3v) is 5.88. The predicted octanol–water partition coefficient (Wildman–Crippen LogP) is 3.52. The molecule has 2 atom stereocenters. The number of rotatable bonds is 4. The molecule has 0 unspecified atom stereocenters. The summed E-state index contributed by atoms with van der Waals surface area (Å²) >= 11 is 0. The molecule has 25 heavy (non-hydrogen) atoms. The SMILES string of the molecule is CCOC1(OCC)[C@H]2c3c(O)cccc3[C@H]([n+]3ccccc32)C1(C)C. The van der Waals surface area contributed by atoms with E-state index in [2.05, 4.69) is 42.8 Å². The zero-order valence-electron chi connectivity index (χ0n) is 15.3. The lowest BCUT2D eigenvalue weighted by Crippen LogP contribution is -2.71. The van der Waals surface area contributed by atoms with Gasteiger partial charge >= 0.3 is 0 Å². The Bertz CT molecular complexity index is 809. The number of hydrogen-bond donors (Lipinski definition) is 1. The van der Waals surface area contributed by atoms with E-state index in [0.717, 1.165) is 16.8 Å². The van der Waals surface area contributed by atoms with Gasteiger partial charge in [-0.25, -0.2) is 0 Å². The van der Waals surface area contributed by atoms with Gasteiger partial charge in [-0.15, -0.1) is 0 Å². The summed E-state index contributed by atoms with van der Waals surface area (Å²) in [5.41, 5.74) is 2.93. The highest BCUT2D eigenvalue weighted by molar-refractivity contribution is 5.52. The Morgan fingerprint density at radius 3 is 2.44 bits per heavy atom. The van der Waals surface area contributed by atoms with Gasteiger partial charge < -0.3 is 14.6 Å². The highest BCUT2D eigenvalue weighted by Gasteiger charge is 2.71. The smallest absolute Gasteiger partial charge is 0.197 e. The van der Waals surface area contributed by atoms with Gasteiger partial charge in [0.25, 0.3) is 0 Å². The Morgan fingerprint density at radius 1 is 1.04 bits per heavy atom. The molecule has 2 aromatic rings. The van der Waals surface area contributed by atoms with Gasteiger partial charge in [-0.1, -0.05) is 18.2 Å². The van der Waals surface area contributed by atoms with Crippen molar-refractivity contribution in [3.05, 3.63) is 59.4 Å². The molecule has 0 radical (unpaired) electrons. The first-order valence-electron chi connectivity index (χ1n) is 9.09. The van der Waals surface area contributed by atoms with Crippen LogP contribution in [0.2, 0.25) is 0 Å². The Hall–Kier alpha value is -1.91. The molecule has 4 nitrogen and oxygen atoms in total. The first-order chi connectivity index (χ1) is 12.0. The molecule has 2 aliphatic heterocycles. The van der Waals surface area contributed by atoms with Crippen LogP contribution in [0.25, 0.3) is 0 Å². The van der Waals surface area contributed by atoms with Gasteiger partial charge in [0.1, 0.15) is 11.7 Å². The van der Waals surface area contributed by atoms with Crippen LogP contribution in [0.5, 0.6) is 5.75 Å². The molecule has 1 aromatic carbocycles. The highest BCUT2D eigenvalue weighted by Crippen LogP contribution is 2.63. The van der Waals surface area contributed by atoms with Crippen molar-refractivity contribution in [2.75, 3.05) is 13.2 Å². The number of pyridine rings is 1. The van der Waals surface area contributed by atoms with E-state index in [-0.39, 0.29) is 17.4 Å². The second-order valence-corrected chi connectivity index (χ2v) is 7.40. The van der Waals surface area contributed by atoms with Crippen LogP contribution >= 0.6 is 0 Å². The number of phenolic OH excluding ortho intramolecular Hbond substituents is 1. The van der Waals surface area contributed by atoms with E-state index in [1.54, 1.807) is 6.07 Å². The number of benzene rings is 1. The van der Waals surface area contributed by atoms with Crippen LogP contribution < -0.4 is 4.57 Å². The average Bonchev–Trinajstić information content (AvgIpc) is 2.58. The lowest BCUT2D eigenvalue weighted by Gasteiger charge is -2.57. The van der Waals surface area contributed by atoms with Crippen molar-refractivity contribution in [1.29, 1.82) is 0 Å². The molecule has 2 bridgehead atoms. The van der Waals surface area contributed by atoms with Gasteiger partial charge in [-0.2, -0.15) is 4.57 Å². The summed E-state index contributed by atoms with van der Waals surface area (Å²) in [6.45, 7) is 9.55. The third kappa shape index (κ3) is 1.92. The molecule has 0 saturated carbocycles. The number of aromatic nitrogens is 1. The molecule has 3 heterocycles. The molecular weight excluding hydrogens is 314 g/mol. The van der Waals surface area contributed by atoms with E-state index in [9.17, 15) is 5.11 Å². The van der Waals surface area contributed by atoms with Gasteiger partial charge in [-0.3, -0.25) is 0 Å². The van der Waals surface area contributed by atoms with Crippen molar-refractivity contribution < 1.29 is 19.1 Å². The molecule has 1 aliphatic carbocycles. The summed E-state index contributed by atoms with van der Waals surface area (Å²) in [6.07, 6.45) is 2.13. The van der Waals surface area contributed by atoms with Crippen molar-refractivity contribution in [3.8, 4) is 5.75 Å². The maximum absolute atomic E-state index is 10.7. The Balaban J connectivity index is 2.10. The van der Waals surface area contributed by atoms with Gasteiger partial charge in [0.05, 0.1) is 5.41 Å². The Labute approximate surface area is 149 Å². The summed E-state index contributed by atoms with van der Waals surface area (Å²) in [4.78, 5) is 0. The largest absolute Gasteiger partial charge is 0.508 e. The topological polar surface area (TPSA) is 42.6 Å². The van der Waals surface area contributed by atoms with Crippen molar-refractivity contribution in [3.63, 3.8) is 0 Å². The van der Waals surface area contributed by atoms with Crippen LogP contribution in [0, 0.1) is 5.41 Å². The zero-order valence-corrected chi connectivity index (χ0v) is 15.3. The molecule has 5 rings (SSSR count). The minimum Gasteiger partial charge on any atom is -0.508 e. The van der Waals surface area contributed by atoms with Crippen LogP contribution in [0.3, 0.4) is 0 Å². The standard InChI is InChI=1S/C21H25NO3/c1-5-24-21(25-6-2)18-15-11-7-8-13-22(15)19(20(21,3)4)14-10-9-12-16(23)17(14)18/h7-13,18-19H,5-6H2,1-4H3/p+1/t18-,19+/m1/s1. The fraction of sp³-hybridized carbons (Fsp3) is 0.476. The van der Waals surface area contributed by atoms with Gasteiger partial charge in [0, 0.05) is 36.5 Å². The molecule has 132 valence electrons. The summed E-state index contributed by atoms with van der Waals surface area (Å²) in [6, 6.07) is 12.1. The molecule has 3 aliphatic rings. The normalized spacial score (nSPS) is 24.6. The summed E-state index contributed by atoms with van der Waals surface area (Å²) in [5.74, 6) is -0.666. The van der Waals surface area contributed by atoms with E-state index in [1.807, 2.05) is 26.0 Å². The first-order valence-corrected chi connectivity index (χ1v) is 9.09. The van der Waals surface area contributed by atoms with E-state index in [4.69, 9.17) is 9.47 Å². The van der Waals surface area contributed by atoms with E-state index < -0.39 is 5.79 Å². The van der Waals surface area contributed by atoms with Crippen LogP contribution in [0.15, 0.2) is 42.6 Å². The first kappa shape index (κ1) is 16.6. The highest BCUT2D eigenvalue weighted by atomic mass is 16.7. The molecular formula is C21H26NO3+. The second kappa shape index (κ2) is 5.55. The minimum atomic E-state index is -0.811. The summed E-state index contributed by atoms with van der Waals surface area (Å²) in [5, 5.41) is 10.7. The van der Waals surface area contributed by atoms with Crippen LogP contribution in [-0.4, -0.2) is 24.1 Å². The quantitative estimate of drug-likeness (QED) is 0.684. The monoisotopic (exact) mass is 340 g/mol. The minimum absolute atomic E-state index is 0.0360. The van der Waals surface area contributed by atoms with Crippen LogP contribution in [0.4, 0.5) is 0 Å². The Kier molecular flexibility index (Phi) is 3.67. The fourth-order valence-electron chi connectivity index (χ4n) is 5.06. The average molecular weight is 340 g/mol. The maximum Gasteiger partial charge on any atom is 0.197 e. The third-order valence-electron chi connectivity index (χ3n) is 5.88. The van der Waals surface area contributed by atoms with Crippen LogP contribution in [-0.2, 0) is 9.47 Å². The molecule has 0 fully saturated rings. The summed E-state index contributed by atoms with van der Waals surface area (Å²) in [7, 11) is 0. The molecule has 1 aromatic heterocycles. The van der Waals surface area contributed by atoms with Gasteiger partial charge in [0.2, 0.25) is 0 Å². The van der Waals surface area contributed by atoms with E-state index in [0.29, 0.717) is 19.0 Å². The van der Waals surface area contributed by atoms with Crippen molar-refractivity contribution >= 4 is 0 Å². The fourth-order valence-corrected chi connectivity index (χ4v) is 5.06.